The Bertz CT molecular complexity index is 622. The van der Waals surface area contributed by atoms with Gasteiger partial charge in [-0.15, -0.1) is 11.3 Å². The van der Waals surface area contributed by atoms with E-state index < -0.39 is 5.91 Å². The van der Waals surface area contributed by atoms with Gasteiger partial charge in [-0.3, -0.25) is 9.59 Å². The third-order valence-electron chi connectivity index (χ3n) is 2.32. The van der Waals surface area contributed by atoms with Gasteiger partial charge in [0.15, 0.2) is 0 Å². The third kappa shape index (κ3) is 3.85. The number of ether oxygens (including phenoxy) is 1. The fourth-order valence-electron chi connectivity index (χ4n) is 1.53. The highest BCUT2D eigenvalue weighted by Gasteiger charge is 2.04. The van der Waals surface area contributed by atoms with Crippen LogP contribution in [-0.2, 0) is 16.1 Å². The van der Waals surface area contributed by atoms with Crippen LogP contribution in [0.2, 0.25) is 0 Å². The molecule has 102 valence electrons. The molecule has 2 rings (SSSR count). The number of amides is 1. The minimum atomic E-state index is -0.492. The van der Waals surface area contributed by atoms with E-state index in [1.165, 1.54) is 11.3 Å². The van der Waals surface area contributed by atoms with Gasteiger partial charge in [-0.1, -0.05) is 0 Å². The molecule has 4 N–H and O–H groups in total. The second kappa shape index (κ2) is 6.41. The first-order valence-electron chi connectivity index (χ1n) is 5.70. The van der Waals surface area contributed by atoms with E-state index in [1.807, 2.05) is 11.4 Å². The first kappa shape index (κ1) is 13.7. The molecule has 0 aromatic carbocycles. The van der Waals surface area contributed by atoms with Gasteiger partial charge in [0, 0.05) is 6.54 Å². The molecule has 1 amide bonds. The Balaban J connectivity index is 1.81. The summed E-state index contributed by atoms with van der Waals surface area (Å²) < 4.78 is 5.62. The smallest absolute Gasteiger partial charge is 0.268 e. The number of hydrogen-bond donors (Lipinski definition) is 3. The summed E-state index contributed by atoms with van der Waals surface area (Å²) in [5.41, 5.74) is 5.51. The molecule has 7 nitrogen and oxygen atoms in total. The van der Waals surface area contributed by atoms with Gasteiger partial charge in [-0.2, -0.15) is 0 Å². The van der Waals surface area contributed by atoms with Gasteiger partial charge in [0.2, 0.25) is 5.91 Å². The van der Waals surface area contributed by atoms with Gasteiger partial charge < -0.3 is 20.8 Å². The lowest BCUT2D eigenvalue weighted by Gasteiger charge is -2.04. The minimum absolute atomic E-state index is 0.0857. The van der Waals surface area contributed by atoms with E-state index in [2.05, 4.69) is 15.3 Å². The summed E-state index contributed by atoms with van der Waals surface area (Å²) in [7, 11) is 0. The Labute approximate surface area is 112 Å². The zero-order chi connectivity index (χ0) is 13.7. The second-order valence-corrected chi connectivity index (χ2v) is 4.76. The molecule has 0 saturated carbocycles. The van der Waals surface area contributed by atoms with Gasteiger partial charge in [-0.05, 0) is 11.4 Å². The number of aromatic amines is 1. The van der Waals surface area contributed by atoms with E-state index >= 15 is 0 Å². The molecule has 2 aromatic rings. The predicted molar refractivity (Wildman–Crippen MR) is 72.0 cm³/mol. The van der Waals surface area contributed by atoms with Crippen LogP contribution in [0.25, 0.3) is 10.2 Å². The van der Waals surface area contributed by atoms with E-state index in [-0.39, 0.29) is 12.2 Å². The first-order chi connectivity index (χ1) is 9.16. The average molecular weight is 282 g/mol. The lowest BCUT2D eigenvalue weighted by Crippen LogP contribution is -2.25. The second-order valence-electron chi connectivity index (χ2n) is 3.84. The van der Waals surface area contributed by atoms with Gasteiger partial charge >= 0.3 is 0 Å². The molecule has 0 aliphatic carbocycles. The van der Waals surface area contributed by atoms with Crippen LogP contribution in [0.15, 0.2) is 16.2 Å². The third-order valence-corrected chi connectivity index (χ3v) is 3.23. The molecule has 0 spiro atoms. The van der Waals surface area contributed by atoms with Crippen LogP contribution in [0.4, 0.5) is 0 Å². The van der Waals surface area contributed by atoms with Crippen molar-refractivity contribution in [2.75, 3.05) is 19.8 Å². The summed E-state index contributed by atoms with van der Waals surface area (Å²) in [5, 5.41) is 4.89. The van der Waals surface area contributed by atoms with Crippen LogP contribution in [-0.4, -0.2) is 35.6 Å². The molecule has 0 aliphatic heterocycles. The fraction of sp³-hybridized carbons (Fsp3) is 0.364. The van der Waals surface area contributed by atoms with Crippen LogP contribution >= 0.6 is 11.3 Å². The van der Waals surface area contributed by atoms with Crippen molar-refractivity contribution in [1.29, 1.82) is 0 Å². The normalized spacial score (nSPS) is 10.9. The summed E-state index contributed by atoms with van der Waals surface area (Å²) >= 11 is 1.37. The monoisotopic (exact) mass is 282 g/mol. The number of carbonyl (C=O) groups is 1. The Morgan fingerprint density at radius 1 is 1.58 bits per heavy atom. The number of primary amides is 1. The maximum atomic E-state index is 11.7. The van der Waals surface area contributed by atoms with E-state index in [1.54, 1.807) is 0 Å². The van der Waals surface area contributed by atoms with Gasteiger partial charge in [0.25, 0.3) is 5.56 Å². The van der Waals surface area contributed by atoms with Crippen LogP contribution < -0.4 is 16.6 Å². The molecular weight excluding hydrogens is 268 g/mol. The van der Waals surface area contributed by atoms with Crippen LogP contribution in [0.5, 0.6) is 0 Å². The minimum Gasteiger partial charge on any atom is -0.370 e. The largest absolute Gasteiger partial charge is 0.370 e. The highest BCUT2D eigenvalue weighted by molar-refractivity contribution is 7.17. The number of nitrogens with two attached hydrogens (primary N) is 1. The lowest BCUT2D eigenvalue weighted by molar-refractivity contribution is -0.122. The molecule has 0 aliphatic rings. The van der Waals surface area contributed by atoms with Crippen LogP contribution in [0.3, 0.4) is 0 Å². The molecule has 19 heavy (non-hydrogen) atoms. The molecule has 2 heterocycles. The summed E-state index contributed by atoms with van der Waals surface area (Å²) in [5.74, 6) is 0.0831. The Hall–Kier alpha value is -1.77. The predicted octanol–water partition coefficient (Wildman–Crippen LogP) is -0.424. The molecule has 0 bridgehead atoms. The Kier molecular flexibility index (Phi) is 4.61. The van der Waals surface area contributed by atoms with Crippen LogP contribution in [0, 0.1) is 0 Å². The van der Waals surface area contributed by atoms with Crippen molar-refractivity contribution in [2.45, 2.75) is 6.54 Å². The zero-order valence-electron chi connectivity index (χ0n) is 10.1. The summed E-state index contributed by atoms with van der Waals surface area (Å²) in [6, 6.07) is 1.81. The van der Waals surface area contributed by atoms with Crippen LogP contribution in [0.1, 0.15) is 5.82 Å². The Morgan fingerprint density at radius 3 is 3.21 bits per heavy atom. The topological polar surface area (TPSA) is 110 Å². The highest BCUT2D eigenvalue weighted by Crippen LogP contribution is 2.13. The molecule has 8 heteroatoms. The van der Waals surface area contributed by atoms with Crippen molar-refractivity contribution in [3.63, 3.8) is 0 Å². The zero-order valence-corrected chi connectivity index (χ0v) is 11.0. The fourth-order valence-corrected chi connectivity index (χ4v) is 2.25. The SMILES string of the molecule is NC(=O)COCCNCc1nc2ccsc2c(=O)[nH]1. The average Bonchev–Trinajstić information content (AvgIpc) is 2.82. The number of fused-ring (bicyclic) bond motifs is 1. The Morgan fingerprint density at radius 2 is 2.42 bits per heavy atom. The number of hydrogen-bond acceptors (Lipinski definition) is 6. The lowest BCUT2D eigenvalue weighted by atomic mass is 10.4. The number of nitrogens with one attached hydrogen (secondary N) is 2. The maximum Gasteiger partial charge on any atom is 0.268 e. The number of aromatic nitrogens is 2. The van der Waals surface area contributed by atoms with Gasteiger partial charge in [-0.25, -0.2) is 4.98 Å². The molecule has 0 fully saturated rings. The number of carbonyl (C=O) groups excluding carboxylic acids is 1. The molecule has 0 saturated heterocycles. The van der Waals surface area contributed by atoms with Gasteiger partial charge in [0.05, 0.1) is 18.7 Å². The standard InChI is InChI=1S/C11H14N4O3S/c12-8(16)6-18-3-2-13-5-9-14-7-1-4-19-10(7)11(17)15-9/h1,4,13H,2-3,5-6H2,(H2,12,16)(H,14,15,17). The van der Waals surface area contributed by atoms with Crippen molar-refractivity contribution >= 4 is 27.5 Å². The molecule has 0 unspecified atom stereocenters. The van der Waals surface area contributed by atoms with E-state index in [9.17, 15) is 9.59 Å². The molecule has 0 atom stereocenters. The van der Waals surface area contributed by atoms with Crippen molar-refractivity contribution in [3.05, 3.63) is 27.6 Å². The highest BCUT2D eigenvalue weighted by atomic mass is 32.1. The number of thiophene rings is 1. The number of rotatable bonds is 7. The molecule has 2 aromatic heterocycles. The summed E-state index contributed by atoms with van der Waals surface area (Å²) in [6.45, 7) is 1.26. The van der Waals surface area contributed by atoms with Crippen molar-refractivity contribution in [1.82, 2.24) is 15.3 Å². The summed E-state index contributed by atoms with van der Waals surface area (Å²) in [6.07, 6.45) is 0. The molecule has 0 radical (unpaired) electrons. The van der Waals surface area contributed by atoms with Crippen molar-refractivity contribution < 1.29 is 9.53 Å². The summed E-state index contributed by atoms with van der Waals surface area (Å²) in [4.78, 5) is 29.1. The number of H-pyrrole nitrogens is 1. The van der Waals surface area contributed by atoms with E-state index in [0.717, 1.165) is 0 Å². The van der Waals surface area contributed by atoms with Crippen molar-refractivity contribution in [2.24, 2.45) is 5.73 Å². The molecular formula is C11H14N4O3S. The van der Waals surface area contributed by atoms with Gasteiger partial charge in [0.1, 0.15) is 17.1 Å². The first-order valence-corrected chi connectivity index (χ1v) is 6.58. The van der Waals surface area contributed by atoms with Crippen molar-refractivity contribution in [3.8, 4) is 0 Å². The quantitative estimate of drug-likeness (QED) is 0.597. The van der Waals surface area contributed by atoms with E-state index in [4.69, 9.17) is 10.5 Å². The maximum absolute atomic E-state index is 11.7. The van der Waals surface area contributed by atoms with E-state index in [0.29, 0.717) is 35.7 Å². The number of nitrogens with zero attached hydrogens (tertiary/aromatic N) is 1.